The van der Waals surface area contributed by atoms with Gasteiger partial charge >= 0.3 is 0 Å². The Kier molecular flexibility index (Phi) is 5.40. The number of amidine groups is 1. The van der Waals surface area contributed by atoms with Gasteiger partial charge in [-0.3, -0.25) is 25.7 Å². The molecular weight excluding hydrogens is 372 g/mol. The number of hydrazone groups is 1. The SMILES string of the molecule is CC(=N)N/N=C(\C)c1ccc(NC(=O)c2cc3cccc([N+](=O)[O-])c3[nH]2)cc1C. The maximum atomic E-state index is 12.6. The lowest BCUT2D eigenvalue weighted by molar-refractivity contribution is -0.383. The number of anilines is 1. The van der Waals surface area contributed by atoms with Gasteiger partial charge in [-0.05, 0) is 44.5 Å². The molecule has 0 atom stereocenters. The van der Waals surface area contributed by atoms with Gasteiger partial charge in [-0.15, -0.1) is 0 Å². The van der Waals surface area contributed by atoms with Gasteiger partial charge in [-0.1, -0.05) is 18.2 Å². The quantitative estimate of drug-likeness (QED) is 0.226. The van der Waals surface area contributed by atoms with E-state index in [1.165, 1.54) is 6.07 Å². The first kappa shape index (κ1) is 19.7. The van der Waals surface area contributed by atoms with Crippen molar-refractivity contribution in [1.29, 1.82) is 5.41 Å². The van der Waals surface area contributed by atoms with E-state index in [1.54, 1.807) is 31.2 Å². The maximum Gasteiger partial charge on any atom is 0.293 e. The molecule has 0 radical (unpaired) electrons. The summed E-state index contributed by atoms with van der Waals surface area (Å²) >= 11 is 0. The molecule has 3 rings (SSSR count). The fraction of sp³-hybridized carbons (Fsp3) is 0.150. The molecule has 0 fully saturated rings. The summed E-state index contributed by atoms with van der Waals surface area (Å²) in [7, 11) is 0. The molecule has 0 aliphatic heterocycles. The van der Waals surface area contributed by atoms with Crippen molar-refractivity contribution >= 4 is 39.7 Å². The molecule has 29 heavy (non-hydrogen) atoms. The van der Waals surface area contributed by atoms with Gasteiger partial charge in [-0.2, -0.15) is 5.10 Å². The van der Waals surface area contributed by atoms with Gasteiger partial charge < -0.3 is 10.3 Å². The molecule has 3 aromatic rings. The molecule has 9 heteroatoms. The van der Waals surface area contributed by atoms with Gasteiger partial charge in [0.05, 0.1) is 10.6 Å². The smallest absolute Gasteiger partial charge is 0.293 e. The van der Waals surface area contributed by atoms with Crippen LogP contribution in [0, 0.1) is 22.4 Å². The van der Waals surface area contributed by atoms with E-state index in [0.29, 0.717) is 16.6 Å². The number of aromatic amines is 1. The number of H-pyrrole nitrogens is 1. The van der Waals surface area contributed by atoms with Crippen LogP contribution in [0.15, 0.2) is 47.6 Å². The number of rotatable bonds is 5. The molecule has 1 heterocycles. The Balaban J connectivity index is 1.82. The highest BCUT2D eigenvalue weighted by Gasteiger charge is 2.17. The highest BCUT2D eigenvalue weighted by molar-refractivity contribution is 6.07. The van der Waals surface area contributed by atoms with Crippen molar-refractivity contribution in [1.82, 2.24) is 10.4 Å². The van der Waals surface area contributed by atoms with Crippen LogP contribution >= 0.6 is 0 Å². The van der Waals surface area contributed by atoms with Crippen LogP contribution in [-0.4, -0.2) is 27.4 Å². The van der Waals surface area contributed by atoms with Crippen molar-refractivity contribution in [3.05, 3.63) is 69.4 Å². The maximum absolute atomic E-state index is 12.6. The Morgan fingerprint density at radius 3 is 2.62 bits per heavy atom. The summed E-state index contributed by atoms with van der Waals surface area (Å²) in [4.78, 5) is 26.1. The van der Waals surface area contributed by atoms with E-state index in [2.05, 4.69) is 20.8 Å². The first-order valence-electron chi connectivity index (χ1n) is 8.80. The molecule has 9 nitrogen and oxygen atoms in total. The number of aromatic nitrogens is 1. The molecule has 0 unspecified atom stereocenters. The first-order valence-corrected chi connectivity index (χ1v) is 8.80. The fourth-order valence-corrected chi connectivity index (χ4v) is 2.99. The van der Waals surface area contributed by atoms with E-state index in [4.69, 9.17) is 5.41 Å². The number of nitro benzene ring substituents is 1. The summed E-state index contributed by atoms with van der Waals surface area (Å²) in [5, 5.41) is 26.0. The van der Waals surface area contributed by atoms with Crippen molar-refractivity contribution in [2.75, 3.05) is 5.32 Å². The van der Waals surface area contributed by atoms with Gasteiger partial charge in [0.1, 0.15) is 17.0 Å². The molecule has 2 aromatic carbocycles. The standard InChI is InChI=1S/C20H20N6O3/c1-11-9-15(7-8-16(11)12(2)24-25-13(3)21)22-20(27)17-10-14-5-4-6-18(26(28)29)19(14)23-17/h4-10,23H,1-3H3,(H2,21,25)(H,22,27)/b24-12+. The summed E-state index contributed by atoms with van der Waals surface area (Å²) in [6.07, 6.45) is 0. The molecule has 1 aromatic heterocycles. The number of hydrogen-bond donors (Lipinski definition) is 4. The van der Waals surface area contributed by atoms with Crippen LogP contribution in [0.1, 0.15) is 35.5 Å². The van der Waals surface area contributed by atoms with E-state index in [1.807, 2.05) is 26.0 Å². The minimum Gasteiger partial charge on any atom is -0.345 e. The molecule has 4 N–H and O–H groups in total. The number of carbonyl (C=O) groups excluding carboxylic acids is 1. The van der Waals surface area contributed by atoms with Crippen LogP contribution < -0.4 is 10.7 Å². The fourth-order valence-electron chi connectivity index (χ4n) is 2.99. The van der Waals surface area contributed by atoms with Crippen molar-refractivity contribution < 1.29 is 9.72 Å². The molecule has 0 saturated carbocycles. The Morgan fingerprint density at radius 2 is 1.97 bits per heavy atom. The van der Waals surface area contributed by atoms with Gasteiger partial charge in [0.2, 0.25) is 0 Å². The first-order chi connectivity index (χ1) is 13.8. The third-order valence-corrected chi connectivity index (χ3v) is 4.34. The number of non-ortho nitro benzene ring substituents is 1. The Labute approximate surface area is 166 Å². The number of nitro groups is 1. The lowest BCUT2D eigenvalue weighted by Crippen LogP contribution is -2.15. The Bertz CT molecular complexity index is 1160. The number of fused-ring (bicyclic) bond motifs is 1. The number of nitrogens with zero attached hydrogens (tertiary/aromatic N) is 2. The van der Waals surface area contributed by atoms with Crippen LogP contribution in [0.25, 0.3) is 10.9 Å². The van der Waals surface area contributed by atoms with Crippen LogP contribution in [0.5, 0.6) is 0 Å². The average molecular weight is 392 g/mol. The van der Waals surface area contributed by atoms with Gasteiger partial charge in [0, 0.05) is 22.7 Å². The van der Waals surface area contributed by atoms with Crippen molar-refractivity contribution in [3.63, 3.8) is 0 Å². The normalized spacial score (nSPS) is 11.3. The summed E-state index contributed by atoms with van der Waals surface area (Å²) in [6.45, 7) is 5.32. The highest BCUT2D eigenvalue weighted by atomic mass is 16.6. The van der Waals surface area contributed by atoms with Crippen LogP contribution in [-0.2, 0) is 0 Å². The number of para-hydroxylation sites is 1. The van der Waals surface area contributed by atoms with Gasteiger partial charge in [0.25, 0.3) is 11.6 Å². The zero-order valence-corrected chi connectivity index (χ0v) is 16.2. The van der Waals surface area contributed by atoms with Crippen molar-refractivity contribution in [2.45, 2.75) is 20.8 Å². The number of carbonyl (C=O) groups is 1. The predicted molar refractivity (Wildman–Crippen MR) is 113 cm³/mol. The van der Waals surface area contributed by atoms with E-state index in [0.717, 1.165) is 16.8 Å². The third kappa shape index (κ3) is 4.29. The van der Waals surface area contributed by atoms with E-state index < -0.39 is 10.8 Å². The largest absolute Gasteiger partial charge is 0.345 e. The molecule has 1 amide bonds. The minimum atomic E-state index is -0.485. The lowest BCUT2D eigenvalue weighted by atomic mass is 10.0. The molecule has 0 aliphatic carbocycles. The number of nitrogens with one attached hydrogen (secondary N) is 4. The highest BCUT2D eigenvalue weighted by Crippen LogP contribution is 2.26. The topological polar surface area (TPSA) is 136 Å². The van der Waals surface area contributed by atoms with Crippen LogP contribution in [0.4, 0.5) is 11.4 Å². The monoisotopic (exact) mass is 392 g/mol. The summed E-state index contributed by atoms with van der Waals surface area (Å²) in [6, 6.07) is 11.7. The molecule has 148 valence electrons. The minimum absolute atomic E-state index is 0.0784. The second-order valence-electron chi connectivity index (χ2n) is 6.60. The molecule has 0 spiro atoms. The summed E-state index contributed by atoms with van der Waals surface area (Å²) in [5.74, 6) is -0.154. The van der Waals surface area contributed by atoms with E-state index >= 15 is 0 Å². The van der Waals surface area contributed by atoms with Crippen molar-refractivity contribution in [2.24, 2.45) is 5.10 Å². The molecular formula is C20H20N6O3. The van der Waals surface area contributed by atoms with Gasteiger partial charge in [-0.25, -0.2) is 0 Å². The van der Waals surface area contributed by atoms with Crippen LogP contribution in [0.3, 0.4) is 0 Å². The number of benzene rings is 2. The molecule has 0 bridgehead atoms. The molecule has 0 aliphatic rings. The number of hydrogen-bond acceptors (Lipinski definition) is 5. The van der Waals surface area contributed by atoms with Crippen LogP contribution in [0.2, 0.25) is 0 Å². The number of aryl methyl sites for hydroxylation is 1. The Hall–Kier alpha value is -4.01. The Morgan fingerprint density at radius 1 is 1.21 bits per heavy atom. The zero-order chi connectivity index (χ0) is 21.1. The lowest BCUT2D eigenvalue weighted by Gasteiger charge is -2.10. The number of amides is 1. The van der Waals surface area contributed by atoms with E-state index in [-0.39, 0.29) is 17.2 Å². The summed E-state index contributed by atoms with van der Waals surface area (Å²) in [5.41, 5.74) is 6.19. The predicted octanol–water partition coefficient (Wildman–Crippen LogP) is 3.95. The van der Waals surface area contributed by atoms with Gasteiger partial charge in [0.15, 0.2) is 0 Å². The second kappa shape index (κ2) is 7.93. The average Bonchev–Trinajstić information content (AvgIpc) is 3.10. The summed E-state index contributed by atoms with van der Waals surface area (Å²) < 4.78 is 0. The van der Waals surface area contributed by atoms with Crippen molar-refractivity contribution in [3.8, 4) is 0 Å². The molecule has 0 saturated heterocycles. The van der Waals surface area contributed by atoms with E-state index in [9.17, 15) is 14.9 Å². The second-order valence-corrected chi connectivity index (χ2v) is 6.60. The zero-order valence-electron chi connectivity index (χ0n) is 16.2. The third-order valence-electron chi connectivity index (χ3n) is 4.34.